The summed E-state index contributed by atoms with van der Waals surface area (Å²) in [5.41, 5.74) is 2.63. The Balaban J connectivity index is 3.07. The average molecular weight is 234 g/mol. The zero-order valence-electron chi connectivity index (χ0n) is 10.4. The molecular formula is C13H18N2O2. The summed E-state index contributed by atoms with van der Waals surface area (Å²) in [6, 6.07) is 7.70. The Morgan fingerprint density at radius 3 is 2.06 bits per heavy atom. The summed E-state index contributed by atoms with van der Waals surface area (Å²) >= 11 is 0. The number of rotatable bonds is 4. The van der Waals surface area contributed by atoms with Crippen LogP contribution in [0, 0.1) is 0 Å². The third-order valence-electron chi connectivity index (χ3n) is 2.68. The van der Waals surface area contributed by atoms with Gasteiger partial charge in [0.1, 0.15) is 11.4 Å². The molecule has 0 spiro atoms. The fraction of sp³-hybridized carbons (Fsp3) is 0.385. The van der Waals surface area contributed by atoms with Gasteiger partial charge >= 0.3 is 0 Å². The van der Waals surface area contributed by atoms with Crippen LogP contribution in [0.2, 0.25) is 0 Å². The highest BCUT2D eigenvalue weighted by molar-refractivity contribution is 6.48. The molecule has 17 heavy (non-hydrogen) atoms. The van der Waals surface area contributed by atoms with E-state index in [2.05, 4.69) is 24.2 Å². The van der Waals surface area contributed by atoms with E-state index in [1.165, 1.54) is 5.56 Å². The van der Waals surface area contributed by atoms with Gasteiger partial charge in [-0.2, -0.15) is 0 Å². The molecule has 0 saturated carbocycles. The SMILES string of the molecule is CCC(=N\O)/C(=N\O)c1ccc(C(C)C)cc1. The molecule has 4 nitrogen and oxygen atoms in total. The number of nitrogens with zero attached hydrogens (tertiary/aromatic N) is 2. The van der Waals surface area contributed by atoms with E-state index < -0.39 is 0 Å². The molecule has 0 fully saturated rings. The van der Waals surface area contributed by atoms with Gasteiger partial charge in [0.05, 0.1) is 0 Å². The van der Waals surface area contributed by atoms with Crippen LogP contribution in [0.25, 0.3) is 0 Å². The van der Waals surface area contributed by atoms with Gasteiger partial charge in [0, 0.05) is 5.56 Å². The van der Waals surface area contributed by atoms with E-state index in [0.29, 0.717) is 23.8 Å². The Bertz CT molecular complexity index is 420. The molecule has 2 N–H and O–H groups in total. The number of hydrogen-bond acceptors (Lipinski definition) is 4. The summed E-state index contributed by atoms with van der Waals surface area (Å²) in [5.74, 6) is 0.454. The van der Waals surface area contributed by atoms with Crippen LogP contribution in [0.4, 0.5) is 0 Å². The van der Waals surface area contributed by atoms with Crippen molar-refractivity contribution in [1.29, 1.82) is 0 Å². The average Bonchev–Trinajstić information content (AvgIpc) is 2.36. The van der Waals surface area contributed by atoms with Gasteiger partial charge in [0.2, 0.25) is 0 Å². The van der Waals surface area contributed by atoms with E-state index in [0.717, 1.165) is 5.56 Å². The van der Waals surface area contributed by atoms with Crippen LogP contribution in [0.5, 0.6) is 0 Å². The van der Waals surface area contributed by atoms with Gasteiger partial charge in [0.15, 0.2) is 0 Å². The smallest absolute Gasteiger partial charge is 0.134 e. The van der Waals surface area contributed by atoms with E-state index >= 15 is 0 Å². The Kier molecular flexibility index (Phi) is 4.69. The van der Waals surface area contributed by atoms with Crippen LogP contribution in [0.15, 0.2) is 34.6 Å². The van der Waals surface area contributed by atoms with E-state index in [-0.39, 0.29) is 0 Å². The fourth-order valence-electron chi connectivity index (χ4n) is 1.59. The Morgan fingerprint density at radius 1 is 1.12 bits per heavy atom. The molecule has 0 aromatic heterocycles. The van der Waals surface area contributed by atoms with Gasteiger partial charge < -0.3 is 10.4 Å². The zero-order valence-corrected chi connectivity index (χ0v) is 10.4. The zero-order chi connectivity index (χ0) is 12.8. The summed E-state index contributed by atoms with van der Waals surface area (Å²) in [7, 11) is 0. The number of hydrogen-bond donors (Lipinski definition) is 2. The second kappa shape index (κ2) is 6.03. The molecule has 0 amide bonds. The van der Waals surface area contributed by atoms with Gasteiger partial charge in [-0.15, -0.1) is 0 Å². The third-order valence-corrected chi connectivity index (χ3v) is 2.68. The quantitative estimate of drug-likeness (QED) is 0.477. The van der Waals surface area contributed by atoms with Crippen LogP contribution < -0.4 is 0 Å². The first kappa shape index (κ1) is 13.2. The highest BCUT2D eigenvalue weighted by Gasteiger charge is 2.11. The summed E-state index contributed by atoms with van der Waals surface area (Å²) in [6.45, 7) is 6.06. The second-order valence-electron chi connectivity index (χ2n) is 4.13. The lowest BCUT2D eigenvalue weighted by molar-refractivity contribution is 0.313. The summed E-state index contributed by atoms with van der Waals surface area (Å²) in [5, 5.41) is 24.2. The van der Waals surface area contributed by atoms with Gasteiger partial charge in [-0.3, -0.25) is 0 Å². The first-order valence-corrected chi connectivity index (χ1v) is 5.67. The molecule has 0 aliphatic rings. The standard InChI is InChI=1S/C13H18N2O2/c1-4-12(14-16)13(15-17)11-7-5-10(6-8-11)9(2)3/h5-9,16-17H,4H2,1-3H3/b14-12+,15-13-. The van der Waals surface area contributed by atoms with E-state index in [9.17, 15) is 0 Å². The van der Waals surface area contributed by atoms with Crippen molar-refractivity contribution >= 4 is 11.4 Å². The Hall–Kier alpha value is -1.84. The molecule has 1 rings (SSSR count). The number of oxime groups is 2. The van der Waals surface area contributed by atoms with Crippen molar-refractivity contribution in [2.75, 3.05) is 0 Å². The lowest BCUT2D eigenvalue weighted by Gasteiger charge is -2.08. The maximum Gasteiger partial charge on any atom is 0.134 e. The first-order chi connectivity index (χ1) is 8.13. The molecule has 0 bridgehead atoms. The van der Waals surface area contributed by atoms with Crippen molar-refractivity contribution in [3.63, 3.8) is 0 Å². The topological polar surface area (TPSA) is 65.2 Å². The second-order valence-corrected chi connectivity index (χ2v) is 4.13. The molecule has 0 saturated heterocycles. The third kappa shape index (κ3) is 3.06. The van der Waals surface area contributed by atoms with Gasteiger partial charge in [0.25, 0.3) is 0 Å². The van der Waals surface area contributed by atoms with Crippen molar-refractivity contribution < 1.29 is 10.4 Å². The van der Waals surface area contributed by atoms with Crippen molar-refractivity contribution in [3.05, 3.63) is 35.4 Å². The van der Waals surface area contributed by atoms with Gasteiger partial charge in [-0.25, -0.2) is 0 Å². The first-order valence-electron chi connectivity index (χ1n) is 5.67. The molecule has 4 heteroatoms. The Labute approximate surface area is 101 Å². The predicted molar refractivity (Wildman–Crippen MR) is 68.4 cm³/mol. The van der Waals surface area contributed by atoms with Crippen molar-refractivity contribution in [2.24, 2.45) is 10.3 Å². The fourth-order valence-corrected chi connectivity index (χ4v) is 1.59. The van der Waals surface area contributed by atoms with Gasteiger partial charge in [-0.1, -0.05) is 55.3 Å². The van der Waals surface area contributed by atoms with Crippen LogP contribution in [-0.2, 0) is 0 Å². The maximum atomic E-state index is 8.99. The summed E-state index contributed by atoms with van der Waals surface area (Å²) in [4.78, 5) is 0. The molecule has 92 valence electrons. The van der Waals surface area contributed by atoms with E-state index in [4.69, 9.17) is 10.4 Å². The predicted octanol–water partition coefficient (Wildman–Crippen LogP) is 3.23. The van der Waals surface area contributed by atoms with Crippen LogP contribution in [0.1, 0.15) is 44.2 Å². The van der Waals surface area contributed by atoms with Crippen LogP contribution >= 0.6 is 0 Å². The molecule has 0 heterocycles. The van der Waals surface area contributed by atoms with E-state index in [1.807, 2.05) is 31.2 Å². The molecule has 1 aromatic carbocycles. The highest BCUT2D eigenvalue weighted by Crippen LogP contribution is 2.15. The highest BCUT2D eigenvalue weighted by atomic mass is 16.4. The monoisotopic (exact) mass is 234 g/mol. The van der Waals surface area contributed by atoms with Crippen LogP contribution in [0.3, 0.4) is 0 Å². The van der Waals surface area contributed by atoms with Crippen molar-refractivity contribution in [3.8, 4) is 0 Å². The molecule has 0 radical (unpaired) electrons. The normalized spacial score (nSPS) is 13.2. The number of benzene rings is 1. The molecule has 0 unspecified atom stereocenters. The molecule has 0 aliphatic heterocycles. The molecule has 1 aromatic rings. The lowest BCUT2D eigenvalue weighted by atomic mass is 9.98. The minimum absolute atomic E-state index is 0.310. The maximum absolute atomic E-state index is 8.99. The van der Waals surface area contributed by atoms with Gasteiger partial charge in [-0.05, 0) is 17.9 Å². The summed E-state index contributed by atoms with van der Waals surface area (Å²) < 4.78 is 0. The minimum Gasteiger partial charge on any atom is -0.411 e. The van der Waals surface area contributed by atoms with Crippen molar-refractivity contribution in [2.45, 2.75) is 33.1 Å². The van der Waals surface area contributed by atoms with Crippen molar-refractivity contribution in [1.82, 2.24) is 0 Å². The minimum atomic E-state index is 0.310. The molecule has 0 aliphatic carbocycles. The Morgan fingerprint density at radius 2 is 1.71 bits per heavy atom. The summed E-state index contributed by atoms with van der Waals surface area (Å²) in [6.07, 6.45) is 0.502. The molecule has 0 atom stereocenters. The molecular weight excluding hydrogens is 216 g/mol. The lowest BCUT2D eigenvalue weighted by Crippen LogP contribution is -2.15. The largest absolute Gasteiger partial charge is 0.411 e. The van der Waals surface area contributed by atoms with Crippen LogP contribution in [-0.4, -0.2) is 21.8 Å². The van der Waals surface area contributed by atoms with E-state index in [1.54, 1.807) is 0 Å².